The van der Waals surface area contributed by atoms with Gasteiger partial charge in [-0.2, -0.15) is 0 Å². The third-order valence-electron chi connectivity index (χ3n) is 2.61. The van der Waals surface area contributed by atoms with Crippen molar-refractivity contribution in [3.63, 3.8) is 0 Å². The van der Waals surface area contributed by atoms with Crippen LogP contribution < -0.4 is 0 Å². The first-order valence-corrected chi connectivity index (χ1v) is 4.15. The van der Waals surface area contributed by atoms with Crippen LogP contribution in [0.15, 0.2) is 12.2 Å². The molecular formula is C8H13NO3. The maximum absolute atomic E-state index is 9.52. The van der Waals surface area contributed by atoms with E-state index in [1.807, 2.05) is 17.1 Å². The summed E-state index contributed by atoms with van der Waals surface area (Å²) in [5.41, 5.74) is 0. The molecule has 0 aliphatic carbocycles. The van der Waals surface area contributed by atoms with Crippen molar-refractivity contribution >= 4 is 0 Å². The lowest BCUT2D eigenvalue weighted by molar-refractivity contribution is -0.121. The van der Waals surface area contributed by atoms with Gasteiger partial charge < -0.3 is 15.3 Å². The summed E-state index contributed by atoms with van der Waals surface area (Å²) < 4.78 is 0. The van der Waals surface area contributed by atoms with Gasteiger partial charge in [-0.25, -0.2) is 0 Å². The molecule has 0 spiro atoms. The van der Waals surface area contributed by atoms with Crippen molar-refractivity contribution in [2.24, 2.45) is 0 Å². The Morgan fingerprint density at radius 2 is 1.92 bits per heavy atom. The Balaban J connectivity index is 2.14. The number of fused-ring (bicyclic) bond motifs is 1. The Kier molecular flexibility index (Phi) is 1.92. The van der Waals surface area contributed by atoms with Crippen LogP contribution in [0.5, 0.6) is 0 Å². The predicted octanol–water partition coefficient (Wildman–Crippen LogP) is -1.68. The van der Waals surface area contributed by atoms with Gasteiger partial charge in [-0.3, -0.25) is 4.90 Å². The number of aliphatic hydroxyl groups excluding tert-OH is 3. The van der Waals surface area contributed by atoms with Crippen LogP contribution in [0.4, 0.5) is 0 Å². The summed E-state index contributed by atoms with van der Waals surface area (Å²) in [5.74, 6) is 0. The van der Waals surface area contributed by atoms with E-state index in [0.717, 1.165) is 6.54 Å². The van der Waals surface area contributed by atoms with Crippen molar-refractivity contribution in [1.82, 2.24) is 4.90 Å². The van der Waals surface area contributed by atoms with E-state index < -0.39 is 18.3 Å². The maximum atomic E-state index is 9.52. The first kappa shape index (κ1) is 8.19. The molecule has 0 aromatic rings. The molecule has 0 amide bonds. The fraction of sp³-hybridized carbons (Fsp3) is 0.750. The van der Waals surface area contributed by atoms with Crippen molar-refractivity contribution in [3.8, 4) is 0 Å². The molecule has 0 aromatic heterocycles. The molecule has 12 heavy (non-hydrogen) atoms. The van der Waals surface area contributed by atoms with Gasteiger partial charge in [0.1, 0.15) is 12.2 Å². The van der Waals surface area contributed by atoms with Crippen LogP contribution in [0.25, 0.3) is 0 Å². The van der Waals surface area contributed by atoms with Crippen molar-refractivity contribution in [1.29, 1.82) is 0 Å². The van der Waals surface area contributed by atoms with Crippen molar-refractivity contribution < 1.29 is 15.3 Å². The van der Waals surface area contributed by atoms with Crippen molar-refractivity contribution in [2.75, 3.05) is 13.1 Å². The molecular weight excluding hydrogens is 158 g/mol. The van der Waals surface area contributed by atoms with Gasteiger partial charge in [0.25, 0.3) is 0 Å². The van der Waals surface area contributed by atoms with Gasteiger partial charge >= 0.3 is 0 Å². The molecule has 2 aliphatic heterocycles. The number of nitrogens with zero attached hydrogens (tertiary/aromatic N) is 1. The van der Waals surface area contributed by atoms with E-state index in [-0.39, 0.29) is 6.04 Å². The molecule has 2 aliphatic rings. The van der Waals surface area contributed by atoms with Crippen LogP contribution in [0.3, 0.4) is 0 Å². The Hall–Kier alpha value is -0.420. The second-order valence-electron chi connectivity index (χ2n) is 3.42. The summed E-state index contributed by atoms with van der Waals surface area (Å²) in [7, 11) is 0. The molecule has 0 aromatic carbocycles. The minimum absolute atomic E-state index is 0.108. The van der Waals surface area contributed by atoms with Gasteiger partial charge in [-0.1, -0.05) is 12.2 Å². The lowest BCUT2D eigenvalue weighted by Gasteiger charge is -2.39. The zero-order valence-corrected chi connectivity index (χ0v) is 6.67. The van der Waals surface area contributed by atoms with Crippen LogP contribution in [0.1, 0.15) is 0 Å². The molecule has 1 fully saturated rings. The Bertz CT molecular complexity index is 206. The van der Waals surface area contributed by atoms with Crippen LogP contribution in [-0.4, -0.2) is 57.7 Å². The minimum atomic E-state index is -1.01. The van der Waals surface area contributed by atoms with Crippen molar-refractivity contribution in [2.45, 2.75) is 24.4 Å². The molecule has 0 bridgehead atoms. The summed E-state index contributed by atoms with van der Waals surface area (Å²) in [4.78, 5) is 1.95. The van der Waals surface area contributed by atoms with E-state index in [1.165, 1.54) is 0 Å². The largest absolute Gasteiger partial charge is 0.389 e. The molecule has 2 rings (SSSR count). The highest BCUT2D eigenvalue weighted by atomic mass is 16.4. The van der Waals surface area contributed by atoms with Crippen LogP contribution in [0.2, 0.25) is 0 Å². The average Bonchev–Trinajstić information content (AvgIpc) is 2.48. The second-order valence-corrected chi connectivity index (χ2v) is 3.42. The van der Waals surface area contributed by atoms with Gasteiger partial charge in [-0.15, -0.1) is 0 Å². The normalized spacial score (nSPS) is 47.9. The zero-order chi connectivity index (χ0) is 8.72. The fourth-order valence-corrected chi connectivity index (χ4v) is 1.88. The standard InChI is InChI=1S/C8H13NO3/c10-6-4-9-3-1-2-5(9)7(11)8(6)12/h1-2,5-8,10-12H,3-4H2/t5-,6-,7+,8+/m1/s1. The summed E-state index contributed by atoms with van der Waals surface area (Å²) in [6.07, 6.45) is 1.14. The predicted molar refractivity (Wildman–Crippen MR) is 42.5 cm³/mol. The smallest absolute Gasteiger partial charge is 0.109 e. The lowest BCUT2D eigenvalue weighted by Crippen LogP contribution is -2.58. The molecule has 4 nitrogen and oxygen atoms in total. The van der Waals surface area contributed by atoms with E-state index in [1.54, 1.807) is 0 Å². The Morgan fingerprint density at radius 3 is 2.67 bits per heavy atom. The van der Waals surface area contributed by atoms with Crippen LogP contribution >= 0.6 is 0 Å². The van der Waals surface area contributed by atoms with Gasteiger partial charge in [0.15, 0.2) is 0 Å². The lowest BCUT2D eigenvalue weighted by atomic mass is 9.96. The molecule has 0 saturated carbocycles. The van der Waals surface area contributed by atoms with Crippen LogP contribution in [0, 0.1) is 0 Å². The highest BCUT2D eigenvalue weighted by Gasteiger charge is 2.41. The quantitative estimate of drug-likeness (QED) is 0.381. The highest BCUT2D eigenvalue weighted by molar-refractivity contribution is 5.11. The van der Waals surface area contributed by atoms with E-state index in [0.29, 0.717) is 6.54 Å². The maximum Gasteiger partial charge on any atom is 0.109 e. The summed E-state index contributed by atoms with van der Waals surface area (Å²) in [6.45, 7) is 1.20. The molecule has 4 heteroatoms. The summed E-state index contributed by atoms with van der Waals surface area (Å²) in [5, 5.41) is 28.2. The topological polar surface area (TPSA) is 63.9 Å². The third-order valence-corrected chi connectivity index (χ3v) is 2.61. The molecule has 3 N–H and O–H groups in total. The molecule has 0 unspecified atom stereocenters. The zero-order valence-electron chi connectivity index (χ0n) is 6.67. The molecule has 1 saturated heterocycles. The first-order valence-electron chi connectivity index (χ1n) is 4.15. The number of rotatable bonds is 0. The Labute approximate surface area is 70.7 Å². The highest BCUT2D eigenvalue weighted by Crippen LogP contribution is 2.22. The molecule has 2 heterocycles. The van der Waals surface area contributed by atoms with Gasteiger partial charge in [0.05, 0.1) is 12.1 Å². The van der Waals surface area contributed by atoms with Gasteiger partial charge in [-0.05, 0) is 0 Å². The van der Waals surface area contributed by atoms with E-state index >= 15 is 0 Å². The first-order chi connectivity index (χ1) is 5.70. The summed E-state index contributed by atoms with van der Waals surface area (Å²) >= 11 is 0. The van der Waals surface area contributed by atoms with Gasteiger partial charge in [0, 0.05) is 13.1 Å². The van der Waals surface area contributed by atoms with Gasteiger partial charge in [0.2, 0.25) is 0 Å². The van der Waals surface area contributed by atoms with Crippen molar-refractivity contribution in [3.05, 3.63) is 12.2 Å². The average molecular weight is 171 g/mol. The summed E-state index contributed by atoms with van der Waals surface area (Å²) in [6, 6.07) is -0.108. The Morgan fingerprint density at radius 1 is 1.17 bits per heavy atom. The monoisotopic (exact) mass is 171 g/mol. The SMILES string of the molecule is O[C@@H]1[C@@H](O)[C@H]2C=CCN2C[C@H]1O. The van der Waals surface area contributed by atoms with Crippen LogP contribution in [-0.2, 0) is 0 Å². The van der Waals surface area contributed by atoms with E-state index in [4.69, 9.17) is 0 Å². The molecule has 68 valence electrons. The fourth-order valence-electron chi connectivity index (χ4n) is 1.88. The minimum Gasteiger partial charge on any atom is -0.389 e. The molecule has 4 atom stereocenters. The number of hydrogen-bond donors (Lipinski definition) is 3. The van der Waals surface area contributed by atoms with E-state index in [2.05, 4.69) is 0 Å². The third kappa shape index (κ3) is 1.08. The second kappa shape index (κ2) is 2.81. The van der Waals surface area contributed by atoms with E-state index in [9.17, 15) is 15.3 Å². The number of piperidine rings is 1. The number of aliphatic hydroxyl groups is 3. The molecule has 0 radical (unpaired) electrons. The number of hydrogen-bond acceptors (Lipinski definition) is 4.